The van der Waals surface area contributed by atoms with Gasteiger partial charge in [0, 0.05) is 31.7 Å². The normalized spacial score (nSPS) is 10.4. The first-order chi connectivity index (χ1) is 11.7. The van der Waals surface area contributed by atoms with Crippen LogP contribution in [0.2, 0.25) is 0 Å². The van der Waals surface area contributed by atoms with Crippen molar-refractivity contribution >= 4 is 6.03 Å². The van der Waals surface area contributed by atoms with Crippen LogP contribution in [-0.4, -0.2) is 20.8 Å². The Labute approximate surface area is 140 Å². The van der Waals surface area contributed by atoms with E-state index < -0.39 is 0 Å². The third-order valence-electron chi connectivity index (χ3n) is 3.70. The number of carbonyl (C=O) groups excluding carboxylic acids is 1. The molecule has 0 bridgehead atoms. The number of benzene rings is 1. The molecular weight excluding hydrogens is 302 g/mol. The van der Waals surface area contributed by atoms with Gasteiger partial charge in [-0.05, 0) is 41.8 Å². The SMILES string of the molecule is Cc1ccccc1CNC(=O)NCc1ccnc(-n2cccn2)c1. The zero-order valence-electron chi connectivity index (χ0n) is 13.4. The van der Waals surface area contributed by atoms with Crippen molar-refractivity contribution in [3.63, 3.8) is 0 Å². The topological polar surface area (TPSA) is 71.8 Å². The Morgan fingerprint density at radius 1 is 1.08 bits per heavy atom. The molecule has 0 saturated heterocycles. The summed E-state index contributed by atoms with van der Waals surface area (Å²) >= 11 is 0. The number of hydrogen-bond acceptors (Lipinski definition) is 3. The van der Waals surface area contributed by atoms with Gasteiger partial charge in [-0.2, -0.15) is 5.10 Å². The molecule has 0 atom stereocenters. The second-order valence-corrected chi connectivity index (χ2v) is 5.44. The number of urea groups is 1. The maximum Gasteiger partial charge on any atom is 0.315 e. The Bertz CT molecular complexity index is 814. The maximum absolute atomic E-state index is 12.0. The monoisotopic (exact) mass is 321 g/mol. The van der Waals surface area contributed by atoms with E-state index in [4.69, 9.17) is 0 Å². The highest BCUT2D eigenvalue weighted by molar-refractivity contribution is 5.73. The van der Waals surface area contributed by atoms with Gasteiger partial charge in [0.05, 0.1) is 0 Å². The summed E-state index contributed by atoms with van der Waals surface area (Å²) in [6.07, 6.45) is 5.24. The highest BCUT2D eigenvalue weighted by Gasteiger charge is 2.04. The summed E-state index contributed by atoms with van der Waals surface area (Å²) in [6, 6.07) is 13.4. The molecule has 0 unspecified atom stereocenters. The second-order valence-electron chi connectivity index (χ2n) is 5.44. The first-order valence-electron chi connectivity index (χ1n) is 7.73. The molecule has 2 amide bonds. The minimum absolute atomic E-state index is 0.198. The Kier molecular flexibility index (Phi) is 4.86. The summed E-state index contributed by atoms with van der Waals surface area (Å²) in [5, 5.41) is 9.87. The number of amides is 2. The van der Waals surface area contributed by atoms with Gasteiger partial charge in [-0.3, -0.25) is 0 Å². The molecule has 0 saturated carbocycles. The van der Waals surface area contributed by atoms with Gasteiger partial charge in [-0.1, -0.05) is 24.3 Å². The molecular formula is C18H19N5O. The van der Waals surface area contributed by atoms with Crippen LogP contribution in [-0.2, 0) is 13.1 Å². The van der Waals surface area contributed by atoms with Crippen molar-refractivity contribution in [2.45, 2.75) is 20.0 Å². The molecule has 2 N–H and O–H groups in total. The molecule has 3 aromatic rings. The summed E-state index contributed by atoms with van der Waals surface area (Å²) < 4.78 is 1.68. The average Bonchev–Trinajstić information content (AvgIpc) is 3.14. The number of nitrogens with one attached hydrogen (secondary N) is 2. The molecule has 2 heterocycles. The maximum atomic E-state index is 12.0. The molecule has 0 radical (unpaired) electrons. The van der Waals surface area contributed by atoms with E-state index in [1.807, 2.05) is 55.6 Å². The number of carbonyl (C=O) groups is 1. The summed E-state index contributed by atoms with van der Waals surface area (Å²) in [6.45, 7) is 2.96. The quantitative estimate of drug-likeness (QED) is 0.758. The predicted molar refractivity (Wildman–Crippen MR) is 91.6 cm³/mol. The molecule has 2 aromatic heterocycles. The minimum atomic E-state index is -0.198. The summed E-state index contributed by atoms with van der Waals surface area (Å²) in [5.41, 5.74) is 3.23. The van der Waals surface area contributed by atoms with Gasteiger partial charge >= 0.3 is 6.03 Å². The van der Waals surface area contributed by atoms with Crippen LogP contribution in [0.3, 0.4) is 0 Å². The van der Waals surface area contributed by atoms with Crippen molar-refractivity contribution < 1.29 is 4.79 Å². The van der Waals surface area contributed by atoms with Crippen molar-refractivity contribution in [1.29, 1.82) is 0 Å². The van der Waals surface area contributed by atoms with Crippen molar-refractivity contribution in [3.8, 4) is 5.82 Å². The molecule has 0 fully saturated rings. The first-order valence-corrected chi connectivity index (χ1v) is 7.73. The van der Waals surface area contributed by atoms with Crippen LogP contribution >= 0.6 is 0 Å². The highest BCUT2D eigenvalue weighted by Crippen LogP contribution is 2.07. The van der Waals surface area contributed by atoms with Gasteiger partial charge in [-0.25, -0.2) is 14.5 Å². The van der Waals surface area contributed by atoms with Crippen molar-refractivity contribution in [2.75, 3.05) is 0 Å². The number of aryl methyl sites for hydroxylation is 1. The molecule has 6 heteroatoms. The van der Waals surface area contributed by atoms with E-state index >= 15 is 0 Å². The van der Waals surface area contributed by atoms with E-state index in [1.165, 1.54) is 0 Å². The van der Waals surface area contributed by atoms with Crippen molar-refractivity contribution in [3.05, 3.63) is 77.7 Å². The van der Waals surface area contributed by atoms with E-state index in [9.17, 15) is 4.79 Å². The van der Waals surface area contributed by atoms with Crippen LogP contribution < -0.4 is 10.6 Å². The molecule has 0 spiro atoms. The Morgan fingerprint density at radius 3 is 2.71 bits per heavy atom. The minimum Gasteiger partial charge on any atom is -0.334 e. The Hall–Kier alpha value is -3.15. The Balaban J connectivity index is 1.53. The third-order valence-corrected chi connectivity index (χ3v) is 3.70. The zero-order valence-corrected chi connectivity index (χ0v) is 13.4. The number of nitrogens with zero attached hydrogens (tertiary/aromatic N) is 3. The van der Waals surface area contributed by atoms with E-state index in [2.05, 4.69) is 20.7 Å². The van der Waals surface area contributed by atoms with Gasteiger partial charge < -0.3 is 10.6 Å². The lowest BCUT2D eigenvalue weighted by molar-refractivity contribution is 0.240. The van der Waals surface area contributed by atoms with Crippen LogP contribution in [0.25, 0.3) is 5.82 Å². The molecule has 122 valence electrons. The van der Waals surface area contributed by atoms with Crippen LogP contribution in [0.15, 0.2) is 61.1 Å². The largest absolute Gasteiger partial charge is 0.334 e. The molecule has 6 nitrogen and oxygen atoms in total. The van der Waals surface area contributed by atoms with E-state index in [1.54, 1.807) is 17.1 Å². The molecule has 0 aliphatic carbocycles. The fourth-order valence-corrected chi connectivity index (χ4v) is 2.33. The van der Waals surface area contributed by atoms with Crippen LogP contribution in [0.5, 0.6) is 0 Å². The van der Waals surface area contributed by atoms with Crippen molar-refractivity contribution in [2.24, 2.45) is 0 Å². The second kappa shape index (κ2) is 7.41. The Morgan fingerprint density at radius 2 is 1.92 bits per heavy atom. The third kappa shape index (κ3) is 3.98. The molecule has 1 aromatic carbocycles. The molecule has 0 aliphatic rings. The fourth-order valence-electron chi connectivity index (χ4n) is 2.33. The van der Waals surface area contributed by atoms with E-state index in [-0.39, 0.29) is 6.03 Å². The summed E-state index contributed by atoms with van der Waals surface area (Å²) in [4.78, 5) is 16.2. The van der Waals surface area contributed by atoms with E-state index in [0.717, 1.165) is 22.5 Å². The van der Waals surface area contributed by atoms with Gasteiger partial charge in [0.1, 0.15) is 0 Å². The van der Waals surface area contributed by atoms with Gasteiger partial charge in [0.25, 0.3) is 0 Å². The van der Waals surface area contributed by atoms with Gasteiger partial charge in [-0.15, -0.1) is 0 Å². The number of pyridine rings is 1. The number of aromatic nitrogens is 3. The summed E-state index contributed by atoms with van der Waals surface area (Å²) in [5.74, 6) is 0.722. The molecule has 0 aliphatic heterocycles. The standard InChI is InChI=1S/C18H19N5O/c1-14-5-2-3-6-16(14)13-21-18(24)20-12-15-7-9-19-17(11-15)23-10-4-8-22-23/h2-11H,12-13H2,1H3,(H2,20,21,24). The van der Waals surface area contributed by atoms with Crippen LogP contribution in [0.1, 0.15) is 16.7 Å². The highest BCUT2D eigenvalue weighted by atomic mass is 16.2. The van der Waals surface area contributed by atoms with Crippen LogP contribution in [0, 0.1) is 6.92 Å². The predicted octanol–water partition coefficient (Wildman–Crippen LogP) is 2.58. The first kappa shape index (κ1) is 15.7. The smallest absolute Gasteiger partial charge is 0.315 e. The summed E-state index contributed by atoms with van der Waals surface area (Å²) in [7, 11) is 0. The average molecular weight is 321 g/mol. The van der Waals surface area contributed by atoms with Gasteiger partial charge in [0.15, 0.2) is 5.82 Å². The van der Waals surface area contributed by atoms with Crippen molar-refractivity contribution in [1.82, 2.24) is 25.4 Å². The number of hydrogen-bond donors (Lipinski definition) is 2. The number of rotatable bonds is 5. The van der Waals surface area contributed by atoms with E-state index in [0.29, 0.717) is 13.1 Å². The van der Waals surface area contributed by atoms with Crippen LogP contribution in [0.4, 0.5) is 4.79 Å². The zero-order chi connectivity index (χ0) is 16.8. The van der Waals surface area contributed by atoms with Gasteiger partial charge in [0.2, 0.25) is 0 Å². The molecule has 24 heavy (non-hydrogen) atoms. The lowest BCUT2D eigenvalue weighted by Gasteiger charge is -2.10. The molecule has 3 rings (SSSR count). The lowest BCUT2D eigenvalue weighted by Crippen LogP contribution is -2.34. The lowest BCUT2D eigenvalue weighted by atomic mass is 10.1. The fraction of sp³-hybridized carbons (Fsp3) is 0.167.